The molecule has 1 atom stereocenters. The number of ether oxygens (including phenoxy) is 2. The Kier molecular flexibility index (Phi) is 24.8. The van der Waals surface area contributed by atoms with Gasteiger partial charge in [-0.25, -0.2) is 0 Å². The van der Waals surface area contributed by atoms with E-state index in [4.69, 9.17) is 9.47 Å². The van der Waals surface area contributed by atoms with Crippen molar-refractivity contribution in [3.8, 4) is 0 Å². The molecule has 0 fully saturated rings. The summed E-state index contributed by atoms with van der Waals surface area (Å²) in [5.41, 5.74) is 0. The second-order valence-electron chi connectivity index (χ2n) is 11.5. The van der Waals surface area contributed by atoms with Gasteiger partial charge < -0.3 is 14.6 Å². The number of carbonyl (C=O) groups excluding carboxylic acids is 2. The molecular weight excluding hydrogens is 452 g/mol. The van der Waals surface area contributed by atoms with Crippen LogP contribution in [0, 0.1) is 11.8 Å². The third-order valence-electron chi connectivity index (χ3n) is 6.70. The fraction of sp³-hybridized carbons (Fsp3) is 0.935. The molecule has 36 heavy (non-hydrogen) atoms. The second kappa shape index (κ2) is 25.5. The molecule has 0 aromatic rings. The van der Waals surface area contributed by atoms with E-state index in [0.717, 1.165) is 50.4 Å². The Hall–Kier alpha value is -1.10. The SMILES string of the molecule is CC(C)CCCCCCCCCCCCC(=O)OC[C@@H](O)COC(=O)CCCCCCCCC(C)C. The van der Waals surface area contributed by atoms with Crippen molar-refractivity contribution in [3.63, 3.8) is 0 Å². The minimum absolute atomic E-state index is 0.111. The van der Waals surface area contributed by atoms with Gasteiger partial charge in [0.15, 0.2) is 0 Å². The first kappa shape index (κ1) is 34.9. The van der Waals surface area contributed by atoms with Gasteiger partial charge in [0.2, 0.25) is 0 Å². The van der Waals surface area contributed by atoms with Gasteiger partial charge in [0, 0.05) is 12.8 Å². The lowest BCUT2D eigenvalue weighted by Gasteiger charge is -2.12. The van der Waals surface area contributed by atoms with Gasteiger partial charge in [0.05, 0.1) is 0 Å². The predicted molar refractivity (Wildman–Crippen MR) is 150 cm³/mol. The summed E-state index contributed by atoms with van der Waals surface area (Å²) in [4.78, 5) is 23.7. The number of hydrogen-bond acceptors (Lipinski definition) is 5. The normalized spacial score (nSPS) is 12.3. The van der Waals surface area contributed by atoms with E-state index in [1.165, 1.54) is 77.0 Å². The summed E-state index contributed by atoms with van der Waals surface area (Å²) in [6, 6.07) is 0. The Morgan fingerprint density at radius 2 is 0.778 bits per heavy atom. The number of unbranched alkanes of at least 4 members (excludes halogenated alkanes) is 14. The van der Waals surface area contributed by atoms with E-state index in [0.29, 0.717) is 12.8 Å². The first-order valence-corrected chi connectivity index (χ1v) is 15.3. The number of carbonyl (C=O) groups is 2. The van der Waals surface area contributed by atoms with Crippen molar-refractivity contribution in [1.82, 2.24) is 0 Å². The molecule has 1 N–H and O–H groups in total. The molecule has 5 heteroatoms. The van der Waals surface area contributed by atoms with Crippen LogP contribution >= 0.6 is 0 Å². The molecule has 0 aliphatic rings. The van der Waals surface area contributed by atoms with Crippen LogP contribution in [-0.2, 0) is 19.1 Å². The van der Waals surface area contributed by atoms with Crippen molar-refractivity contribution in [1.29, 1.82) is 0 Å². The van der Waals surface area contributed by atoms with Crippen molar-refractivity contribution in [2.75, 3.05) is 13.2 Å². The van der Waals surface area contributed by atoms with Crippen LogP contribution in [0.4, 0.5) is 0 Å². The monoisotopic (exact) mass is 512 g/mol. The van der Waals surface area contributed by atoms with Crippen molar-refractivity contribution in [3.05, 3.63) is 0 Å². The number of esters is 2. The molecule has 0 aromatic carbocycles. The summed E-state index contributed by atoms with van der Waals surface area (Å²) in [6.45, 7) is 8.88. The van der Waals surface area contributed by atoms with Gasteiger partial charge in [-0.1, -0.05) is 130 Å². The molecule has 0 aromatic heterocycles. The van der Waals surface area contributed by atoms with Crippen LogP contribution in [0.5, 0.6) is 0 Å². The maximum absolute atomic E-state index is 11.8. The summed E-state index contributed by atoms with van der Waals surface area (Å²) in [5, 5.41) is 9.91. The van der Waals surface area contributed by atoms with E-state index in [1.807, 2.05) is 0 Å². The van der Waals surface area contributed by atoms with Gasteiger partial charge in [-0.3, -0.25) is 9.59 Å². The molecule has 0 rings (SSSR count). The largest absolute Gasteiger partial charge is 0.463 e. The number of rotatable bonds is 26. The lowest BCUT2D eigenvalue weighted by Crippen LogP contribution is -2.25. The zero-order chi connectivity index (χ0) is 26.9. The highest BCUT2D eigenvalue weighted by Crippen LogP contribution is 2.14. The molecule has 0 saturated carbocycles. The van der Waals surface area contributed by atoms with Crippen LogP contribution in [0.1, 0.15) is 156 Å². The highest BCUT2D eigenvalue weighted by atomic mass is 16.6. The lowest BCUT2D eigenvalue weighted by molar-refractivity contribution is -0.152. The third-order valence-corrected chi connectivity index (χ3v) is 6.70. The first-order chi connectivity index (χ1) is 17.3. The smallest absolute Gasteiger partial charge is 0.305 e. The Balaban J connectivity index is 3.44. The lowest BCUT2D eigenvalue weighted by atomic mass is 10.0. The standard InChI is InChI=1S/C31H60O5/c1-27(2)21-17-13-9-7-5-6-8-10-15-19-23-30(33)35-25-29(32)26-36-31(34)24-20-16-12-11-14-18-22-28(3)4/h27-29,32H,5-26H2,1-4H3/t29-/m1/s1. The molecule has 0 aliphatic carbocycles. The zero-order valence-corrected chi connectivity index (χ0v) is 24.4. The fourth-order valence-electron chi connectivity index (χ4n) is 4.34. The average molecular weight is 513 g/mol. The van der Waals surface area contributed by atoms with E-state index < -0.39 is 6.10 Å². The van der Waals surface area contributed by atoms with E-state index in [9.17, 15) is 14.7 Å². The van der Waals surface area contributed by atoms with Crippen molar-refractivity contribution >= 4 is 11.9 Å². The molecule has 0 spiro atoms. The summed E-state index contributed by atoms with van der Waals surface area (Å²) >= 11 is 0. The third kappa shape index (κ3) is 27.5. The Labute approximate surface area is 223 Å². The Morgan fingerprint density at radius 1 is 0.500 bits per heavy atom. The highest BCUT2D eigenvalue weighted by molar-refractivity contribution is 5.69. The molecule has 0 bridgehead atoms. The average Bonchev–Trinajstić information content (AvgIpc) is 2.83. The molecular formula is C31H60O5. The van der Waals surface area contributed by atoms with Gasteiger partial charge in [-0.2, -0.15) is 0 Å². The van der Waals surface area contributed by atoms with Crippen LogP contribution < -0.4 is 0 Å². The minimum Gasteiger partial charge on any atom is -0.463 e. The van der Waals surface area contributed by atoms with Gasteiger partial charge in [-0.05, 0) is 24.7 Å². The van der Waals surface area contributed by atoms with Crippen LogP contribution in [0.25, 0.3) is 0 Å². The fourth-order valence-corrected chi connectivity index (χ4v) is 4.34. The number of hydrogen-bond donors (Lipinski definition) is 1. The molecule has 0 radical (unpaired) electrons. The molecule has 214 valence electrons. The van der Waals surface area contributed by atoms with Gasteiger partial charge in [-0.15, -0.1) is 0 Å². The van der Waals surface area contributed by atoms with Crippen LogP contribution in [0.2, 0.25) is 0 Å². The van der Waals surface area contributed by atoms with E-state index in [-0.39, 0.29) is 25.2 Å². The van der Waals surface area contributed by atoms with Gasteiger partial charge in [0.1, 0.15) is 19.3 Å². The minimum atomic E-state index is -0.954. The van der Waals surface area contributed by atoms with Gasteiger partial charge in [0.25, 0.3) is 0 Å². The van der Waals surface area contributed by atoms with Crippen molar-refractivity contribution < 1.29 is 24.2 Å². The summed E-state index contributed by atoms with van der Waals surface area (Å²) in [6.07, 6.45) is 21.6. The van der Waals surface area contributed by atoms with Crippen molar-refractivity contribution in [2.45, 2.75) is 162 Å². The maximum Gasteiger partial charge on any atom is 0.305 e. The zero-order valence-electron chi connectivity index (χ0n) is 24.4. The number of aliphatic hydroxyl groups is 1. The first-order valence-electron chi connectivity index (χ1n) is 15.3. The summed E-state index contributed by atoms with van der Waals surface area (Å²) in [5.74, 6) is 1.04. The van der Waals surface area contributed by atoms with Crippen LogP contribution in [0.3, 0.4) is 0 Å². The second-order valence-corrected chi connectivity index (χ2v) is 11.5. The summed E-state index contributed by atoms with van der Waals surface area (Å²) < 4.78 is 10.2. The van der Waals surface area contributed by atoms with Crippen molar-refractivity contribution in [2.24, 2.45) is 11.8 Å². The predicted octanol–water partition coefficient (Wildman–Crippen LogP) is 8.55. The summed E-state index contributed by atoms with van der Waals surface area (Å²) in [7, 11) is 0. The van der Waals surface area contributed by atoms with Crippen LogP contribution in [-0.4, -0.2) is 36.4 Å². The van der Waals surface area contributed by atoms with E-state index in [2.05, 4.69) is 27.7 Å². The molecule has 0 saturated heterocycles. The maximum atomic E-state index is 11.8. The molecule has 0 amide bonds. The quantitative estimate of drug-likeness (QED) is 0.0928. The Bertz CT molecular complexity index is 503. The number of aliphatic hydroxyl groups excluding tert-OH is 1. The molecule has 0 heterocycles. The molecule has 0 unspecified atom stereocenters. The van der Waals surface area contributed by atoms with Gasteiger partial charge >= 0.3 is 11.9 Å². The Morgan fingerprint density at radius 3 is 1.08 bits per heavy atom. The molecule has 5 nitrogen and oxygen atoms in total. The topological polar surface area (TPSA) is 72.8 Å². The van der Waals surface area contributed by atoms with E-state index in [1.54, 1.807) is 0 Å². The van der Waals surface area contributed by atoms with E-state index >= 15 is 0 Å². The highest BCUT2D eigenvalue weighted by Gasteiger charge is 2.12. The molecule has 0 aliphatic heterocycles. The van der Waals surface area contributed by atoms with Crippen LogP contribution in [0.15, 0.2) is 0 Å².